The Morgan fingerprint density at radius 1 is 1.15 bits per heavy atom. The number of hydrogen-bond donors (Lipinski definition) is 2. The molecule has 1 aliphatic rings. The van der Waals surface area contributed by atoms with Crippen LogP contribution in [0.5, 0.6) is 0 Å². The fourth-order valence-electron chi connectivity index (χ4n) is 2.76. The van der Waals surface area contributed by atoms with E-state index in [9.17, 15) is 18.0 Å². The molecule has 0 aliphatic carbocycles. The molecule has 0 bridgehead atoms. The lowest BCUT2D eigenvalue weighted by atomic mass is 10.2. The number of H-pyrrole nitrogens is 1. The van der Waals surface area contributed by atoms with Crippen molar-refractivity contribution in [2.24, 2.45) is 0 Å². The van der Waals surface area contributed by atoms with Gasteiger partial charge < -0.3 is 15.2 Å². The summed E-state index contributed by atoms with van der Waals surface area (Å²) < 4.78 is 38.2. The number of aromatic nitrogens is 3. The quantitative estimate of drug-likeness (QED) is 0.709. The molecule has 1 aromatic carbocycles. The van der Waals surface area contributed by atoms with Crippen molar-refractivity contribution in [3.05, 3.63) is 52.4 Å². The maximum Gasteiger partial charge on any atom is 0.416 e. The molecule has 3 heterocycles. The van der Waals surface area contributed by atoms with Crippen LogP contribution in [-0.4, -0.2) is 33.1 Å². The van der Waals surface area contributed by atoms with Crippen LogP contribution in [0.2, 0.25) is 0 Å². The maximum absolute atomic E-state index is 12.7. The van der Waals surface area contributed by atoms with Crippen LogP contribution in [0.15, 0.2) is 41.3 Å². The molecule has 0 spiro atoms. The topological polar surface area (TPSA) is 73.9 Å². The first-order valence-corrected chi connectivity index (χ1v) is 9.24. The number of halogens is 3. The fourth-order valence-corrected chi connectivity index (χ4v) is 3.71. The number of rotatable bonds is 3. The molecule has 1 saturated heterocycles. The highest BCUT2D eigenvalue weighted by atomic mass is 32.2. The average Bonchev–Trinajstić information content (AvgIpc) is 3.16. The molecule has 1 fully saturated rings. The van der Waals surface area contributed by atoms with Gasteiger partial charge in [0.2, 0.25) is 5.95 Å². The summed E-state index contributed by atoms with van der Waals surface area (Å²) in [7, 11) is 0. The molecule has 2 N–H and O–H groups in total. The van der Waals surface area contributed by atoms with Gasteiger partial charge in [0.05, 0.1) is 17.0 Å². The molecule has 0 unspecified atom stereocenters. The summed E-state index contributed by atoms with van der Waals surface area (Å²) in [5.41, 5.74) is -0.249. The Balaban J connectivity index is 1.76. The van der Waals surface area contributed by atoms with Crippen molar-refractivity contribution in [2.45, 2.75) is 6.18 Å². The Morgan fingerprint density at radius 2 is 1.93 bits per heavy atom. The molecule has 140 valence electrons. The predicted octanol–water partition coefficient (Wildman–Crippen LogP) is 3.59. The molecule has 2 aromatic heterocycles. The highest BCUT2D eigenvalue weighted by Gasteiger charge is 2.30. The second-order valence-corrected chi connectivity index (χ2v) is 7.01. The highest BCUT2D eigenvalue weighted by Crippen LogP contribution is 2.31. The molecule has 27 heavy (non-hydrogen) atoms. The highest BCUT2D eigenvalue weighted by molar-refractivity contribution is 7.99. The van der Waals surface area contributed by atoms with Gasteiger partial charge in [-0.15, -0.1) is 11.8 Å². The van der Waals surface area contributed by atoms with Crippen molar-refractivity contribution in [3.8, 4) is 0 Å². The third-order valence-electron chi connectivity index (χ3n) is 4.12. The van der Waals surface area contributed by atoms with Crippen molar-refractivity contribution in [1.29, 1.82) is 0 Å². The van der Waals surface area contributed by atoms with E-state index in [4.69, 9.17) is 0 Å². The molecular formula is C17H14F3N5OS. The minimum atomic E-state index is -4.40. The number of aromatic amines is 1. The molecule has 0 amide bonds. The minimum Gasteiger partial charge on any atom is -0.339 e. The van der Waals surface area contributed by atoms with Crippen LogP contribution >= 0.6 is 11.8 Å². The van der Waals surface area contributed by atoms with Crippen LogP contribution < -0.4 is 15.8 Å². The molecule has 10 heteroatoms. The first kappa shape index (κ1) is 17.7. The number of benzene rings is 1. The zero-order chi connectivity index (χ0) is 19.0. The Hall–Kier alpha value is -2.75. The lowest BCUT2D eigenvalue weighted by Crippen LogP contribution is -2.22. The van der Waals surface area contributed by atoms with Crippen LogP contribution in [0.1, 0.15) is 5.56 Å². The number of anilines is 3. The van der Waals surface area contributed by atoms with E-state index in [1.807, 2.05) is 4.90 Å². The first-order chi connectivity index (χ1) is 12.9. The first-order valence-electron chi connectivity index (χ1n) is 8.08. The monoisotopic (exact) mass is 393 g/mol. The van der Waals surface area contributed by atoms with Crippen LogP contribution in [0, 0.1) is 0 Å². The van der Waals surface area contributed by atoms with Crippen molar-refractivity contribution in [2.75, 3.05) is 28.4 Å². The van der Waals surface area contributed by atoms with E-state index >= 15 is 0 Å². The van der Waals surface area contributed by atoms with Gasteiger partial charge in [-0.1, -0.05) is 0 Å². The smallest absolute Gasteiger partial charge is 0.339 e. The number of alkyl halides is 3. The SMILES string of the molecule is O=c1[nH]ccc2nc(N3CCSC3)nc(Nc3ccc(C(F)(F)F)cc3)c12. The summed E-state index contributed by atoms with van der Waals surface area (Å²) in [6.45, 7) is 0.791. The predicted molar refractivity (Wildman–Crippen MR) is 99.6 cm³/mol. The number of pyridine rings is 1. The fraction of sp³-hybridized carbons (Fsp3) is 0.235. The summed E-state index contributed by atoms with van der Waals surface area (Å²) in [6, 6.07) is 6.24. The molecular weight excluding hydrogens is 379 g/mol. The van der Waals surface area contributed by atoms with Gasteiger partial charge in [-0.25, -0.2) is 4.98 Å². The largest absolute Gasteiger partial charge is 0.416 e. The molecule has 0 atom stereocenters. The zero-order valence-corrected chi connectivity index (χ0v) is 14.7. The average molecular weight is 393 g/mol. The summed E-state index contributed by atoms with van der Waals surface area (Å²) >= 11 is 1.75. The van der Waals surface area contributed by atoms with Gasteiger partial charge in [0.25, 0.3) is 5.56 Å². The van der Waals surface area contributed by atoms with E-state index in [2.05, 4.69) is 20.3 Å². The van der Waals surface area contributed by atoms with Crippen LogP contribution in [0.4, 0.5) is 30.6 Å². The van der Waals surface area contributed by atoms with E-state index < -0.39 is 11.7 Å². The molecule has 4 rings (SSSR count). The van der Waals surface area contributed by atoms with Crippen LogP contribution in [-0.2, 0) is 6.18 Å². The molecule has 6 nitrogen and oxygen atoms in total. The third-order valence-corrected chi connectivity index (χ3v) is 5.08. The summed E-state index contributed by atoms with van der Waals surface area (Å²) in [5.74, 6) is 2.44. The van der Waals surface area contributed by atoms with Gasteiger partial charge in [0.1, 0.15) is 11.2 Å². The van der Waals surface area contributed by atoms with E-state index in [1.165, 1.54) is 18.3 Å². The Kier molecular flexibility index (Phi) is 4.42. The van der Waals surface area contributed by atoms with Gasteiger partial charge >= 0.3 is 6.18 Å². The minimum absolute atomic E-state index is 0.257. The standard InChI is InChI=1S/C17H14F3N5OS/c18-17(19,20)10-1-3-11(4-2-10)22-14-13-12(5-6-21-15(13)26)23-16(24-14)25-7-8-27-9-25/h1-6H,7-9H2,(H,21,26)(H,22,23,24). The Morgan fingerprint density at radius 3 is 2.59 bits per heavy atom. The van der Waals surface area contributed by atoms with E-state index in [1.54, 1.807) is 17.8 Å². The maximum atomic E-state index is 12.7. The van der Waals surface area contributed by atoms with Crippen molar-refractivity contribution in [3.63, 3.8) is 0 Å². The van der Waals surface area contributed by atoms with Gasteiger partial charge in [0, 0.05) is 24.2 Å². The lowest BCUT2D eigenvalue weighted by molar-refractivity contribution is -0.137. The van der Waals surface area contributed by atoms with Crippen molar-refractivity contribution in [1.82, 2.24) is 15.0 Å². The zero-order valence-electron chi connectivity index (χ0n) is 13.9. The molecule has 3 aromatic rings. The summed E-state index contributed by atoms with van der Waals surface area (Å²) in [4.78, 5) is 25.7. The number of fused-ring (bicyclic) bond motifs is 1. The normalized spacial score (nSPS) is 14.7. The molecule has 1 aliphatic heterocycles. The third kappa shape index (κ3) is 3.57. The van der Waals surface area contributed by atoms with Gasteiger partial charge in [-0.3, -0.25) is 4.79 Å². The van der Waals surface area contributed by atoms with Crippen LogP contribution in [0.25, 0.3) is 10.9 Å². The summed E-state index contributed by atoms with van der Waals surface area (Å²) in [6.07, 6.45) is -2.90. The van der Waals surface area contributed by atoms with Crippen LogP contribution in [0.3, 0.4) is 0 Å². The lowest BCUT2D eigenvalue weighted by Gasteiger charge is -2.17. The second kappa shape index (κ2) is 6.76. The second-order valence-electron chi connectivity index (χ2n) is 5.94. The number of hydrogen-bond acceptors (Lipinski definition) is 6. The Bertz CT molecular complexity index is 1030. The van der Waals surface area contributed by atoms with E-state index in [-0.39, 0.29) is 16.8 Å². The number of nitrogens with one attached hydrogen (secondary N) is 2. The van der Waals surface area contributed by atoms with Gasteiger partial charge in [0.15, 0.2) is 0 Å². The molecule has 0 radical (unpaired) electrons. The number of nitrogens with zero attached hydrogens (tertiary/aromatic N) is 3. The van der Waals surface area contributed by atoms with Gasteiger partial charge in [-0.05, 0) is 30.3 Å². The Labute approximate surface area is 155 Å². The molecule has 0 saturated carbocycles. The van der Waals surface area contributed by atoms with E-state index in [0.717, 1.165) is 30.3 Å². The van der Waals surface area contributed by atoms with Crippen molar-refractivity contribution < 1.29 is 13.2 Å². The summed E-state index contributed by atoms with van der Waals surface area (Å²) in [5, 5.41) is 3.22. The van der Waals surface area contributed by atoms with Crippen molar-refractivity contribution >= 4 is 40.1 Å². The number of thioether (sulfide) groups is 1. The van der Waals surface area contributed by atoms with Gasteiger partial charge in [-0.2, -0.15) is 18.2 Å². The van der Waals surface area contributed by atoms with E-state index in [0.29, 0.717) is 17.2 Å².